The second-order valence-electron chi connectivity index (χ2n) is 6.83. The first-order valence-corrected chi connectivity index (χ1v) is 9.05. The molecule has 114 valence electrons. The predicted molar refractivity (Wildman–Crippen MR) is 87.7 cm³/mol. The molecule has 4 nitrogen and oxygen atoms in total. The van der Waals surface area contributed by atoms with Crippen LogP contribution in [0.25, 0.3) is 0 Å². The topological polar surface area (TPSA) is 32.3 Å². The molecule has 4 rings (SSSR count). The summed E-state index contributed by atoms with van der Waals surface area (Å²) in [5.41, 5.74) is 0. The van der Waals surface area contributed by atoms with Crippen molar-refractivity contribution in [2.75, 3.05) is 24.5 Å². The van der Waals surface area contributed by atoms with E-state index in [-0.39, 0.29) is 0 Å². The fraction of sp³-hybridized carbons (Fsp3) is 0.750. The van der Waals surface area contributed by atoms with Crippen molar-refractivity contribution in [3.05, 3.63) is 16.5 Å². The van der Waals surface area contributed by atoms with E-state index in [4.69, 9.17) is 4.98 Å². The van der Waals surface area contributed by atoms with Crippen LogP contribution < -0.4 is 4.90 Å². The van der Waals surface area contributed by atoms with E-state index >= 15 is 0 Å². The SMILES string of the molecule is CC1CN2CCCCC2CN1c1cc(Br)nc(C2CC2)n1. The fourth-order valence-electron chi connectivity index (χ4n) is 3.77. The van der Waals surface area contributed by atoms with E-state index in [0.717, 1.165) is 22.8 Å². The van der Waals surface area contributed by atoms with Crippen molar-refractivity contribution >= 4 is 21.7 Å². The molecule has 1 aromatic rings. The molecule has 1 aromatic heterocycles. The lowest BCUT2D eigenvalue weighted by Crippen LogP contribution is -2.59. The Hall–Kier alpha value is -0.680. The molecule has 5 heteroatoms. The van der Waals surface area contributed by atoms with E-state index in [1.807, 2.05) is 0 Å². The Morgan fingerprint density at radius 2 is 2.00 bits per heavy atom. The van der Waals surface area contributed by atoms with Gasteiger partial charge in [0.15, 0.2) is 0 Å². The van der Waals surface area contributed by atoms with E-state index in [9.17, 15) is 0 Å². The lowest BCUT2D eigenvalue weighted by molar-refractivity contribution is 0.115. The third-order valence-corrected chi connectivity index (χ3v) is 5.53. The van der Waals surface area contributed by atoms with Crippen molar-refractivity contribution in [1.82, 2.24) is 14.9 Å². The van der Waals surface area contributed by atoms with Crippen LogP contribution in [0.5, 0.6) is 0 Å². The van der Waals surface area contributed by atoms with Gasteiger partial charge in [-0.05, 0) is 55.1 Å². The molecular formula is C16H23BrN4. The summed E-state index contributed by atoms with van der Waals surface area (Å²) >= 11 is 3.58. The highest BCUT2D eigenvalue weighted by Crippen LogP contribution is 2.39. The summed E-state index contributed by atoms with van der Waals surface area (Å²) in [4.78, 5) is 14.6. The molecule has 0 radical (unpaired) electrons. The molecule has 0 bridgehead atoms. The smallest absolute Gasteiger partial charge is 0.135 e. The minimum Gasteiger partial charge on any atom is -0.351 e. The van der Waals surface area contributed by atoms with Crippen molar-refractivity contribution in [3.8, 4) is 0 Å². The van der Waals surface area contributed by atoms with Crippen LogP contribution >= 0.6 is 15.9 Å². The van der Waals surface area contributed by atoms with Crippen molar-refractivity contribution in [2.24, 2.45) is 0 Å². The molecule has 2 aliphatic heterocycles. The predicted octanol–water partition coefficient (Wildman–Crippen LogP) is 3.18. The molecule has 21 heavy (non-hydrogen) atoms. The molecule has 1 aliphatic carbocycles. The molecule has 0 amide bonds. The van der Waals surface area contributed by atoms with Crippen LogP contribution in [0.1, 0.15) is 50.8 Å². The third-order valence-electron chi connectivity index (χ3n) is 5.12. The number of piperazine rings is 1. The van der Waals surface area contributed by atoms with E-state index in [1.165, 1.54) is 45.2 Å². The van der Waals surface area contributed by atoms with E-state index in [2.05, 4.69) is 43.7 Å². The maximum atomic E-state index is 4.87. The Morgan fingerprint density at radius 3 is 2.81 bits per heavy atom. The second kappa shape index (κ2) is 5.51. The third kappa shape index (κ3) is 2.82. The zero-order valence-corrected chi connectivity index (χ0v) is 14.2. The number of halogens is 1. The Balaban J connectivity index is 1.59. The van der Waals surface area contributed by atoms with Gasteiger partial charge in [0.2, 0.25) is 0 Å². The van der Waals surface area contributed by atoms with Crippen molar-refractivity contribution in [1.29, 1.82) is 0 Å². The van der Waals surface area contributed by atoms with Gasteiger partial charge >= 0.3 is 0 Å². The maximum absolute atomic E-state index is 4.87. The first kappa shape index (κ1) is 13.9. The molecule has 3 fully saturated rings. The number of aromatic nitrogens is 2. The van der Waals surface area contributed by atoms with E-state index in [0.29, 0.717) is 18.0 Å². The first-order valence-electron chi connectivity index (χ1n) is 8.26. The van der Waals surface area contributed by atoms with Gasteiger partial charge < -0.3 is 4.90 Å². The van der Waals surface area contributed by atoms with Gasteiger partial charge in [-0.3, -0.25) is 4.90 Å². The first-order chi connectivity index (χ1) is 10.2. The number of rotatable bonds is 2. The second-order valence-corrected chi connectivity index (χ2v) is 7.64. The van der Waals surface area contributed by atoms with Gasteiger partial charge in [-0.15, -0.1) is 0 Å². The largest absolute Gasteiger partial charge is 0.351 e. The molecule has 0 aromatic carbocycles. The van der Waals surface area contributed by atoms with Gasteiger partial charge in [0.1, 0.15) is 16.2 Å². The van der Waals surface area contributed by atoms with Crippen molar-refractivity contribution in [3.63, 3.8) is 0 Å². The normalized spacial score (nSPS) is 30.3. The summed E-state index contributed by atoms with van der Waals surface area (Å²) < 4.78 is 0.938. The van der Waals surface area contributed by atoms with Crippen LogP contribution in [-0.4, -0.2) is 46.6 Å². The van der Waals surface area contributed by atoms with Crippen LogP contribution in [0.3, 0.4) is 0 Å². The molecule has 0 spiro atoms. The molecule has 3 aliphatic rings. The zero-order valence-electron chi connectivity index (χ0n) is 12.6. The van der Waals surface area contributed by atoms with Gasteiger partial charge in [-0.25, -0.2) is 9.97 Å². The summed E-state index contributed by atoms with van der Waals surface area (Å²) in [6.07, 6.45) is 6.59. The van der Waals surface area contributed by atoms with Gasteiger partial charge in [-0.2, -0.15) is 0 Å². The van der Waals surface area contributed by atoms with Crippen LogP contribution in [0.2, 0.25) is 0 Å². The number of hydrogen-bond donors (Lipinski definition) is 0. The average Bonchev–Trinajstić information content (AvgIpc) is 3.30. The lowest BCUT2D eigenvalue weighted by Gasteiger charge is -2.48. The highest BCUT2D eigenvalue weighted by Gasteiger charge is 2.34. The standard InChI is InChI=1S/C16H23BrN4/c1-11-9-20-7-3-2-4-13(20)10-21(11)15-8-14(17)18-16(19-15)12-5-6-12/h8,11-13H,2-7,9-10H2,1H3. The van der Waals surface area contributed by atoms with Crippen LogP contribution in [0, 0.1) is 0 Å². The summed E-state index contributed by atoms with van der Waals surface area (Å²) in [7, 11) is 0. The van der Waals surface area contributed by atoms with Crippen molar-refractivity contribution < 1.29 is 0 Å². The minimum absolute atomic E-state index is 0.535. The van der Waals surface area contributed by atoms with Gasteiger partial charge in [0, 0.05) is 37.2 Å². The molecule has 3 heterocycles. The zero-order chi connectivity index (χ0) is 14.4. The number of piperidine rings is 1. The monoisotopic (exact) mass is 350 g/mol. The van der Waals surface area contributed by atoms with Gasteiger partial charge in [-0.1, -0.05) is 6.42 Å². The minimum atomic E-state index is 0.535. The van der Waals surface area contributed by atoms with E-state index in [1.54, 1.807) is 0 Å². The van der Waals surface area contributed by atoms with Crippen LogP contribution in [-0.2, 0) is 0 Å². The number of fused-ring (bicyclic) bond motifs is 1. The number of nitrogens with zero attached hydrogens (tertiary/aromatic N) is 4. The lowest BCUT2D eigenvalue weighted by atomic mass is 9.97. The molecule has 2 atom stereocenters. The Kier molecular flexibility index (Phi) is 3.66. The van der Waals surface area contributed by atoms with Gasteiger partial charge in [0.05, 0.1) is 0 Å². The van der Waals surface area contributed by atoms with Gasteiger partial charge in [0.25, 0.3) is 0 Å². The molecular weight excluding hydrogens is 328 g/mol. The molecule has 0 N–H and O–H groups in total. The summed E-state index contributed by atoms with van der Waals surface area (Å²) in [6.45, 7) is 5.90. The Morgan fingerprint density at radius 1 is 1.14 bits per heavy atom. The summed E-state index contributed by atoms with van der Waals surface area (Å²) in [5.74, 6) is 2.77. The molecule has 2 unspecified atom stereocenters. The Labute approximate surface area is 135 Å². The number of anilines is 1. The number of hydrogen-bond acceptors (Lipinski definition) is 4. The highest BCUT2D eigenvalue weighted by atomic mass is 79.9. The summed E-state index contributed by atoms with van der Waals surface area (Å²) in [5, 5.41) is 0. The Bertz CT molecular complexity index is 531. The molecule has 2 saturated heterocycles. The average molecular weight is 351 g/mol. The van der Waals surface area contributed by atoms with E-state index < -0.39 is 0 Å². The summed E-state index contributed by atoms with van der Waals surface area (Å²) in [6, 6.07) is 3.35. The molecule has 1 saturated carbocycles. The highest BCUT2D eigenvalue weighted by molar-refractivity contribution is 9.10. The maximum Gasteiger partial charge on any atom is 0.135 e. The fourth-order valence-corrected chi connectivity index (χ4v) is 4.15. The van der Waals surface area contributed by atoms with Crippen LogP contribution in [0.4, 0.5) is 5.82 Å². The van der Waals surface area contributed by atoms with Crippen molar-refractivity contribution in [2.45, 2.75) is 57.0 Å². The quantitative estimate of drug-likeness (QED) is 0.766. The van der Waals surface area contributed by atoms with Crippen LogP contribution in [0.15, 0.2) is 10.7 Å².